The lowest BCUT2D eigenvalue weighted by atomic mass is 9.97. The Labute approximate surface area is 207 Å². The number of rotatable bonds is 5. The summed E-state index contributed by atoms with van der Waals surface area (Å²) < 4.78 is 30.6. The first-order valence-electron chi connectivity index (χ1n) is 10.6. The zero-order valence-electron chi connectivity index (χ0n) is 18.7. The van der Waals surface area contributed by atoms with Crippen molar-refractivity contribution < 1.29 is 28.2 Å². The molecule has 0 fully saturated rings. The summed E-state index contributed by atoms with van der Waals surface area (Å²) in [6.07, 6.45) is 0. The minimum atomic E-state index is -0.866. The van der Waals surface area contributed by atoms with Crippen LogP contribution in [0.3, 0.4) is 0 Å². The number of amides is 1. The Morgan fingerprint density at radius 2 is 1.80 bits per heavy atom. The molecule has 0 saturated carbocycles. The summed E-state index contributed by atoms with van der Waals surface area (Å²) in [7, 11) is 2.96. The van der Waals surface area contributed by atoms with Gasteiger partial charge in [-0.25, -0.2) is 4.39 Å². The van der Waals surface area contributed by atoms with Crippen molar-refractivity contribution in [3.8, 4) is 17.2 Å². The highest BCUT2D eigenvalue weighted by molar-refractivity contribution is 9.10. The van der Waals surface area contributed by atoms with E-state index in [9.17, 15) is 19.1 Å². The summed E-state index contributed by atoms with van der Waals surface area (Å²) in [4.78, 5) is 28.7. The second kappa shape index (κ2) is 8.74. The molecule has 0 unspecified atom stereocenters. The van der Waals surface area contributed by atoms with Crippen LogP contribution in [0.4, 0.5) is 4.39 Å². The van der Waals surface area contributed by atoms with Crippen LogP contribution in [0, 0.1) is 5.82 Å². The molecule has 0 radical (unpaired) electrons. The second-order valence-corrected chi connectivity index (χ2v) is 8.91. The van der Waals surface area contributed by atoms with Crippen LogP contribution in [0.15, 0.2) is 68.3 Å². The number of carbonyl (C=O) groups is 1. The zero-order valence-corrected chi connectivity index (χ0v) is 20.3. The Bertz CT molecular complexity index is 1530. The molecule has 178 valence electrons. The van der Waals surface area contributed by atoms with Crippen LogP contribution in [0.1, 0.15) is 33.3 Å². The Hall–Kier alpha value is -3.85. The van der Waals surface area contributed by atoms with E-state index in [4.69, 9.17) is 13.9 Å². The Balaban J connectivity index is 1.73. The molecule has 0 saturated heterocycles. The molecule has 0 aliphatic carbocycles. The molecule has 35 heavy (non-hydrogen) atoms. The third kappa shape index (κ3) is 3.81. The van der Waals surface area contributed by atoms with Crippen LogP contribution in [0.25, 0.3) is 11.0 Å². The first kappa shape index (κ1) is 22.9. The van der Waals surface area contributed by atoms with Gasteiger partial charge in [-0.1, -0.05) is 12.1 Å². The van der Waals surface area contributed by atoms with Crippen molar-refractivity contribution >= 4 is 32.8 Å². The lowest BCUT2D eigenvalue weighted by Crippen LogP contribution is -2.29. The number of nitrogens with zero attached hydrogens (tertiary/aromatic N) is 1. The summed E-state index contributed by atoms with van der Waals surface area (Å²) in [5.74, 6) is -0.456. The Kier molecular flexibility index (Phi) is 5.72. The molecule has 1 amide bonds. The van der Waals surface area contributed by atoms with Crippen LogP contribution in [-0.2, 0) is 6.54 Å². The first-order valence-corrected chi connectivity index (χ1v) is 11.4. The number of halogens is 2. The smallest absolute Gasteiger partial charge is 0.291 e. The van der Waals surface area contributed by atoms with E-state index in [2.05, 4.69) is 15.9 Å². The SMILES string of the molecule is COc1ccc(CN2C(=O)c3oc4ccc(F)cc4c(=O)c3[C@@H]2c2cc(Br)c(O)c(OC)c2)cc1. The van der Waals surface area contributed by atoms with Gasteiger partial charge in [0.05, 0.1) is 35.7 Å². The molecule has 5 rings (SSSR count). The lowest BCUT2D eigenvalue weighted by molar-refractivity contribution is 0.0714. The molecule has 4 aromatic rings. The van der Waals surface area contributed by atoms with Crippen molar-refractivity contribution in [1.82, 2.24) is 4.90 Å². The van der Waals surface area contributed by atoms with Gasteiger partial charge in [-0.3, -0.25) is 9.59 Å². The number of fused-ring (bicyclic) bond motifs is 2. The molecule has 1 aliphatic rings. The summed E-state index contributed by atoms with van der Waals surface area (Å²) in [6.45, 7) is 0.155. The molecule has 0 bridgehead atoms. The fourth-order valence-corrected chi connectivity index (χ4v) is 4.80. The molecule has 1 N–H and O–H groups in total. The molecular weight excluding hydrogens is 521 g/mol. The van der Waals surface area contributed by atoms with E-state index in [1.807, 2.05) is 12.1 Å². The molecule has 1 aliphatic heterocycles. The molecular formula is C26H19BrFNO6. The summed E-state index contributed by atoms with van der Waals surface area (Å²) in [5, 5.41) is 10.3. The molecule has 2 heterocycles. The summed E-state index contributed by atoms with van der Waals surface area (Å²) >= 11 is 3.31. The van der Waals surface area contributed by atoms with Crippen molar-refractivity contribution in [1.29, 1.82) is 0 Å². The van der Waals surface area contributed by atoms with Gasteiger partial charge in [-0.05, 0) is 69.5 Å². The Morgan fingerprint density at radius 1 is 1.06 bits per heavy atom. The fourth-order valence-electron chi connectivity index (χ4n) is 4.34. The normalized spacial score (nSPS) is 14.9. The van der Waals surface area contributed by atoms with Crippen molar-refractivity contribution in [3.63, 3.8) is 0 Å². The van der Waals surface area contributed by atoms with Gasteiger partial charge in [0, 0.05) is 6.54 Å². The van der Waals surface area contributed by atoms with Gasteiger partial charge in [0.1, 0.15) is 17.1 Å². The van der Waals surface area contributed by atoms with E-state index in [1.165, 1.54) is 24.1 Å². The predicted molar refractivity (Wildman–Crippen MR) is 130 cm³/mol. The highest BCUT2D eigenvalue weighted by atomic mass is 79.9. The maximum absolute atomic E-state index is 14.0. The number of phenolic OH excluding ortho intramolecular Hbond substituents is 1. The van der Waals surface area contributed by atoms with Gasteiger partial charge in [-0.2, -0.15) is 0 Å². The van der Waals surface area contributed by atoms with Crippen molar-refractivity contribution in [2.24, 2.45) is 0 Å². The highest BCUT2D eigenvalue weighted by Gasteiger charge is 2.43. The standard InChI is InChI=1S/C26H19BrFNO6/c1-33-16-6-3-13(4-7-16)12-29-22(14-9-18(27)24(31)20(10-14)34-2)21-23(30)17-11-15(28)5-8-19(17)35-25(21)26(29)32/h3-11,22,31H,12H2,1-2H3/t22-/m0/s1. The van der Waals surface area contributed by atoms with Crippen molar-refractivity contribution in [2.75, 3.05) is 14.2 Å². The maximum Gasteiger partial charge on any atom is 0.291 e. The minimum Gasteiger partial charge on any atom is -0.503 e. The topological polar surface area (TPSA) is 89.2 Å². The fraction of sp³-hybridized carbons (Fsp3) is 0.154. The highest BCUT2D eigenvalue weighted by Crippen LogP contribution is 2.44. The quantitative estimate of drug-likeness (QED) is 0.376. The zero-order chi connectivity index (χ0) is 24.9. The van der Waals surface area contributed by atoms with Gasteiger partial charge in [0.15, 0.2) is 16.9 Å². The van der Waals surface area contributed by atoms with Gasteiger partial charge < -0.3 is 23.9 Å². The van der Waals surface area contributed by atoms with Gasteiger partial charge >= 0.3 is 0 Å². The number of hydrogen-bond donors (Lipinski definition) is 1. The van der Waals surface area contributed by atoms with E-state index < -0.39 is 23.2 Å². The van der Waals surface area contributed by atoms with Gasteiger partial charge in [-0.15, -0.1) is 0 Å². The van der Waals surface area contributed by atoms with Crippen molar-refractivity contribution in [2.45, 2.75) is 12.6 Å². The molecule has 1 aromatic heterocycles. The van der Waals surface area contributed by atoms with Crippen LogP contribution in [0.2, 0.25) is 0 Å². The van der Waals surface area contributed by atoms with E-state index in [0.29, 0.717) is 15.8 Å². The van der Waals surface area contributed by atoms with E-state index in [-0.39, 0.29) is 40.3 Å². The number of phenols is 1. The summed E-state index contributed by atoms with van der Waals surface area (Å²) in [5.41, 5.74) is 1.03. The molecule has 0 spiro atoms. The lowest BCUT2D eigenvalue weighted by Gasteiger charge is -2.26. The molecule has 7 nitrogen and oxygen atoms in total. The minimum absolute atomic E-state index is 0.0395. The third-order valence-electron chi connectivity index (χ3n) is 6.03. The monoisotopic (exact) mass is 539 g/mol. The number of carbonyl (C=O) groups excluding carboxylic acids is 1. The molecule has 9 heteroatoms. The average Bonchev–Trinajstić information content (AvgIpc) is 3.13. The van der Waals surface area contributed by atoms with Crippen LogP contribution in [0.5, 0.6) is 17.2 Å². The number of benzene rings is 3. The van der Waals surface area contributed by atoms with E-state index in [1.54, 1.807) is 31.4 Å². The maximum atomic E-state index is 14.0. The third-order valence-corrected chi connectivity index (χ3v) is 6.63. The van der Waals surface area contributed by atoms with Crippen LogP contribution in [-0.4, -0.2) is 30.1 Å². The van der Waals surface area contributed by atoms with E-state index >= 15 is 0 Å². The number of methoxy groups -OCH3 is 2. The van der Waals surface area contributed by atoms with Crippen molar-refractivity contribution in [3.05, 3.63) is 97.6 Å². The average molecular weight is 540 g/mol. The number of hydrogen-bond acceptors (Lipinski definition) is 6. The van der Waals surface area contributed by atoms with E-state index in [0.717, 1.165) is 11.6 Å². The number of ether oxygens (including phenoxy) is 2. The first-order chi connectivity index (χ1) is 16.8. The van der Waals surface area contributed by atoms with Crippen LogP contribution < -0.4 is 14.9 Å². The van der Waals surface area contributed by atoms with Gasteiger partial charge in [0.25, 0.3) is 5.91 Å². The largest absolute Gasteiger partial charge is 0.503 e. The molecule has 1 atom stereocenters. The molecule has 3 aromatic carbocycles. The van der Waals surface area contributed by atoms with Gasteiger partial charge in [0.2, 0.25) is 5.76 Å². The second-order valence-electron chi connectivity index (χ2n) is 8.05. The Morgan fingerprint density at radius 3 is 2.49 bits per heavy atom. The predicted octanol–water partition coefficient (Wildman–Crippen LogP) is 5.16. The number of aromatic hydroxyl groups is 1. The summed E-state index contributed by atoms with van der Waals surface area (Å²) in [6, 6.07) is 13.1. The van der Waals surface area contributed by atoms with Crippen LogP contribution >= 0.6 is 15.9 Å².